The first kappa shape index (κ1) is 24.2. The molecule has 3 N–H and O–H groups in total. The molecule has 2 aromatic carbocycles. The lowest BCUT2D eigenvalue weighted by molar-refractivity contribution is 0.0704. The highest BCUT2D eigenvalue weighted by Crippen LogP contribution is 2.25. The van der Waals surface area contributed by atoms with E-state index >= 15 is 0 Å². The van der Waals surface area contributed by atoms with Crippen LogP contribution in [0, 0.1) is 5.82 Å². The fourth-order valence-corrected chi connectivity index (χ4v) is 3.05. The molecular formula is C20H26Cl2FN3O2. The van der Waals surface area contributed by atoms with Gasteiger partial charge in [0, 0.05) is 25.7 Å². The van der Waals surface area contributed by atoms with Crippen LogP contribution in [0.1, 0.15) is 22.8 Å². The molecule has 1 fully saturated rings. The molecule has 1 saturated heterocycles. The van der Waals surface area contributed by atoms with E-state index in [0.29, 0.717) is 37.7 Å². The van der Waals surface area contributed by atoms with E-state index in [4.69, 9.17) is 10.5 Å². The number of nitrogens with two attached hydrogens (primary N) is 1. The molecule has 0 radical (unpaired) electrons. The van der Waals surface area contributed by atoms with Gasteiger partial charge in [-0.15, -0.1) is 24.8 Å². The van der Waals surface area contributed by atoms with Crippen molar-refractivity contribution in [1.29, 1.82) is 0 Å². The number of carbonyl (C=O) groups is 1. The van der Waals surface area contributed by atoms with Crippen molar-refractivity contribution in [1.82, 2.24) is 10.2 Å². The minimum Gasteiger partial charge on any atom is -0.457 e. The molecular weight excluding hydrogens is 404 g/mol. The zero-order chi connectivity index (χ0) is 18.5. The van der Waals surface area contributed by atoms with Crippen molar-refractivity contribution in [2.45, 2.75) is 19.4 Å². The summed E-state index contributed by atoms with van der Waals surface area (Å²) in [6.07, 6.45) is 0.804. The first-order valence-corrected chi connectivity index (χ1v) is 8.86. The second-order valence-corrected chi connectivity index (χ2v) is 6.53. The summed E-state index contributed by atoms with van der Waals surface area (Å²) in [6.45, 7) is 4.43. The van der Waals surface area contributed by atoms with Gasteiger partial charge in [0.15, 0.2) is 0 Å². The maximum Gasteiger partial charge on any atom is 0.257 e. The molecule has 2 aromatic rings. The minimum atomic E-state index is -0.535. The number of ether oxygens (including phenoxy) is 1. The van der Waals surface area contributed by atoms with E-state index in [9.17, 15) is 9.18 Å². The first-order chi connectivity index (χ1) is 12.6. The summed E-state index contributed by atoms with van der Waals surface area (Å²) in [4.78, 5) is 14.3. The largest absolute Gasteiger partial charge is 0.457 e. The topological polar surface area (TPSA) is 67.6 Å². The van der Waals surface area contributed by atoms with E-state index < -0.39 is 5.82 Å². The van der Waals surface area contributed by atoms with Gasteiger partial charge in [-0.25, -0.2) is 4.39 Å². The lowest BCUT2D eigenvalue weighted by atomic mass is 10.1. The van der Waals surface area contributed by atoms with Gasteiger partial charge in [-0.05, 0) is 55.8 Å². The van der Waals surface area contributed by atoms with Crippen LogP contribution in [0.25, 0.3) is 0 Å². The molecule has 0 unspecified atom stereocenters. The van der Waals surface area contributed by atoms with Gasteiger partial charge >= 0.3 is 0 Å². The van der Waals surface area contributed by atoms with Crippen molar-refractivity contribution in [2.24, 2.45) is 5.73 Å². The summed E-state index contributed by atoms with van der Waals surface area (Å²) in [7, 11) is 0. The first-order valence-electron chi connectivity index (χ1n) is 8.86. The van der Waals surface area contributed by atoms with E-state index in [1.54, 1.807) is 4.90 Å². The van der Waals surface area contributed by atoms with Crippen LogP contribution in [0.4, 0.5) is 4.39 Å². The van der Waals surface area contributed by atoms with Crippen LogP contribution in [0.3, 0.4) is 0 Å². The Bertz CT molecular complexity index is 775. The SMILES string of the molecule is C[C@@H]1CN(C(=O)c2cc(Oc3ccc(CCN)cc3)ccc2F)CCN1.Cl.Cl. The van der Waals surface area contributed by atoms with Gasteiger partial charge in [-0.1, -0.05) is 12.1 Å². The Hall–Kier alpha value is -1.86. The van der Waals surface area contributed by atoms with Crippen LogP contribution >= 0.6 is 24.8 Å². The zero-order valence-electron chi connectivity index (χ0n) is 15.7. The van der Waals surface area contributed by atoms with Gasteiger partial charge in [-0.2, -0.15) is 0 Å². The van der Waals surface area contributed by atoms with Gasteiger partial charge in [0.2, 0.25) is 0 Å². The number of carbonyl (C=O) groups excluding carboxylic acids is 1. The Labute approximate surface area is 177 Å². The highest BCUT2D eigenvalue weighted by Gasteiger charge is 2.24. The van der Waals surface area contributed by atoms with E-state index in [1.807, 2.05) is 31.2 Å². The number of nitrogens with one attached hydrogen (secondary N) is 1. The van der Waals surface area contributed by atoms with E-state index in [1.165, 1.54) is 18.2 Å². The van der Waals surface area contributed by atoms with Crippen LogP contribution in [-0.4, -0.2) is 43.0 Å². The standard InChI is InChI=1S/C20H24FN3O2.2ClH/c1-14-13-24(11-10-23-14)20(25)18-12-17(6-7-19(18)21)26-16-4-2-15(3-5-16)8-9-22;;/h2-7,12,14,23H,8-11,13,22H2,1H3;2*1H/t14-;;/m1../s1. The number of piperazine rings is 1. The maximum absolute atomic E-state index is 14.2. The summed E-state index contributed by atoms with van der Waals surface area (Å²) >= 11 is 0. The minimum absolute atomic E-state index is 0. The molecule has 8 heteroatoms. The summed E-state index contributed by atoms with van der Waals surface area (Å²) in [6, 6.07) is 12.0. The number of rotatable bonds is 5. The van der Waals surface area contributed by atoms with Crippen molar-refractivity contribution in [2.75, 3.05) is 26.2 Å². The number of hydrogen-bond donors (Lipinski definition) is 2. The Balaban J connectivity index is 0.00000196. The molecule has 1 atom stereocenters. The van der Waals surface area contributed by atoms with E-state index in [2.05, 4.69) is 5.32 Å². The van der Waals surface area contributed by atoms with Crippen molar-refractivity contribution < 1.29 is 13.9 Å². The second kappa shape index (κ2) is 11.2. The number of hydrogen-bond acceptors (Lipinski definition) is 4. The van der Waals surface area contributed by atoms with Crippen LogP contribution in [0.5, 0.6) is 11.5 Å². The third kappa shape index (κ3) is 6.07. The molecule has 1 amide bonds. The molecule has 1 aliphatic heterocycles. The zero-order valence-corrected chi connectivity index (χ0v) is 17.3. The van der Waals surface area contributed by atoms with Crippen LogP contribution in [0.15, 0.2) is 42.5 Å². The molecule has 0 saturated carbocycles. The van der Waals surface area contributed by atoms with Gasteiger partial charge in [0.1, 0.15) is 17.3 Å². The molecule has 28 heavy (non-hydrogen) atoms. The highest BCUT2D eigenvalue weighted by molar-refractivity contribution is 5.95. The second-order valence-electron chi connectivity index (χ2n) is 6.53. The normalized spacial score (nSPS) is 16.0. The molecule has 1 heterocycles. The third-order valence-corrected chi connectivity index (χ3v) is 4.42. The van der Waals surface area contributed by atoms with Gasteiger partial charge < -0.3 is 20.7 Å². The van der Waals surface area contributed by atoms with Crippen molar-refractivity contribution in [3.8, 4) is 11.5 Å². The average Bonchev–Trinajstić information content (AvgIpc) is 2.64. The molecule has 3 rings (SSSR count). The predicted octanol–water partition coefficient (Wildman–Crippen LogP) is 3.40. The van der Waals surface area contributed by atoms with Crippen LogP contribution in [-0.2, 0) is 6.42 Å². The van der Waals surface area contributed by atoms with Crippen LogP contribution < -0.4 is 15.8 Å². The number of nitrogens with zero attached hydrogens (tertiary/aromatic N) is 1. The maximum atomic E-state index is 14.2. The average molecular weight is 430 g/mol. The smallest absolute Gasteiger partial charge is 0.257 e. The molecule has 5 nitrogen and oxygen atoms in total. The van der Waals surface area contributed by atoms with Gasteiger partial charge in [0.05, 0.1) is 5.56 Å². The predicted molar refractivity (Wildman–Crippen MR) is 114 cm³/mol. The molecule has 0 aliphatic carbocycles. The Morgan fingerprint density at radius 3 is 2.54 bits per heavy atom. The number of halogens is 3. The van der Waals surface area contributed by atoms with Crippen molar-refractivity contribution >= 4 is 30.7 Å². The fraction of sp³-hybridized carbons (Fsp3) is 0.350. The third-order valence-electron chi connectivity index (χ3n) is 4.42. The summed E-state index contributed by atoms with van der Waals surface area (Å²) in [5.74, 6) is 0.225. The van der Waals surface area contributed by atoms with Crippen molar-refractivity contribution in [3.63, 3.8) is 0 Å². The molecule has 0 aromatic heterocycles. The van der Waals surface area contributed by atoms with Crippen molar-refractivity contribution in [3.05, 3.63) is 59.4 Å². The molecule has 0 bridgehead atoms. The molecule has 154 valence electrons. The number of amides is 1. The number of benzene rings is 2. The monoisotopic (exact) mass is 429 g/mol. The van der Waals surface area contributed by atoms with Gasteiger partial charge in [0.25, 0.3) is 5.91 Å². The Morgan fingerprint density at radius 1 is 1.21 bits per heavy atom. The Morgan fingerprint density at radius 2 is 1.89 bits per heavy atom. The van der Waals surface area contributed by atoms with Gasteiger partial charge in [-0.3, -0.25) is 4.79 Å². The quantitative estimate of drug-likeness (QED) is 0.763. The lowest BCUT2D eigenvalue weighted by Gasteiger charge is -2.32. The molecule has 1 aliphatic rings. The highest BCUT2D eigenvalue weighted by atomic mass is 35.5. The lowest BCUT2D eigenvalue weighted by Crippen LogP contribution is -2.51. The van der Waals surface area contributed by atoms with E-state index in [-0.39, 0.29) is 42.3 Å². The Kier molecular flexibility index (Phi) is 9.69. The molecule has 0 spiro atoms. The summed E-state index contributed by atoms with van der Waals surface area (Å²) in [5.41, 5.74) is 6.71. The summed E-state index contributed by atoms with van der Waals surface area (Å²) < 4.78 is 20.0. The van der Waals surface area contributed by atoms with Crippen LogP contribution in [0.2, 0.25) is 0 Å². The fourth-order valence-electron chi connectivity index (χ4n) is 3.05. The van der Waals surface area contributed by atoms with E-state index in [0.717, 1.165) is 12.0 Å². The summed E-state index contributed by atoms with van der Waals surface area (Å²) in [5, 5.41) is 3.27.